The number of H-pyrrole nitrogens is 1. The maximum absolute atomic E-state index is 11.9. The van der Waals surface area contributed by atoms with Crippen LogP contribution in [-0.2, 0) is 12.8 Å². The van der Waals surface area contributed by atoms with Crippen LogP contribution in [0.1, 0.15) is 41.0 Å². The van der Waals surface area contributed by atoms with Crippen molar-refractivity contribution in [2.75, 3.05) is 6.61 Å². The number of fused-ring (bicyclic) bond motifs is 2. The topological polar surface area (TPSA) is 92.3 Å². The molecule has 1 aliphatic rings. The van der Waals surface area contributed by atoms with E-state index in [2.05, 4.69) is 10.2 Å². The molecule has 6 nitrogen and oxygen atoms in total. The molecule has 0 radical (unpaired) electrons. The van der Waals surface area contributed by atoms with E-state index in [-0.39, 0.29) is 11.1 Å². The summed E-state index contributed by atoms with van der Waals surface area (Å²) in [4.78, 5) is 23.3. The van der Waals surface area contributed by atoms with Crippen LogP contribution in [0.4, 0.5) is 0 Å². The maximum Gasteiger partial charge on any atom is 0.339 e. The zero-order valence-corrected chi connectivity index (χ0v) is 14.7. The summed E-state index contributed by atoms with van der Waals surface area (Å²) in [6.45, 7) is 4.50. The fourth-order valence-corrected chi connectivity index (χ4v) is 3.13. The third-order valence-electron chi connectivity index (χ3n) is 4.22. The number of benzene rings is 2. The Hall–Kier alpha value is -3.15. The molecular weight excluding hydrogens is 332 g/mol. The van der Waals surface area contributed by atoms with E-state index < -0.39 is 5.97 Å². The molecule has 26 heavy (non-hydrogen) atoms. The number of aromatic nitrogens is 2. The number of hydrogen-bond donors (Lipinski definition) is 2. The molecule has 0 bridgehead atoms. The standard InChI is InChI=1S/C18H14N2O4.C2H6/c21-17-13-4-2-1-3-12(13)15(19-20-17)9-10-7-11-5-6-24-16(11)14(8-10)18(22)23;1-2/h1-4,7-8H,5-6,9H2,(H,20,21)(H,22,23);1-2H3. The fraction of sp³-hybridized carbons (Fsp3) is 0.250. The van der Waals surface area contributed by atoms with Crippen molar-refractivity contribution in [3.8, 4) is 5.75 Å². The van der Waals surface area contributed by atoms with Crippen molar-refractivity contribution in [2.45, 2.75) is 26.7 Å². The Labute approximate surface area is 150 Å². The highest BCUT2D eigenvalue weighted by Gasteiger charge is 2.22. The molecule has 134 valence electrons. The first-order valence-electron chi connectivity index (χ1n) is 8.61. The molecule has 2 aromatic carbocycles. The Morgan fingerprint density at radius 2 is 1.96 bits per heavy atom. The van der Waals surface area contributed by atoms with E-state index in [0.717, 1.165) is 16.5 Å². The highest BCUT2D eigenvalue weighted by molar-refractivity contribution is 5.92. The number of nitrogens with one attached hydrogen (secondary N) is 1. The number of aromatic amines is 1. The van der Waals surface area contributed by atoms with Crippen LogP contribution in [0.15, 0.2) is 41.2 Å². The molecule has 0 spiro atoms. The van der Waals surface area contributed by atoms with E-state index in [9.17, 15) is 14.7 Å². The van der Waals surface area contributed by atoms with Gasteiger partial charge in [-0.3, -0.25) is 4.79 Å². The van der Waals surface area contributed by atoms with E-state index >= 15 is 0 Å². The van der Waals surface area contributed by atoms with Crippen molar-refractivity contribution in [2.24, 2.45) is 0 Å². The summed E-state index contributed by atoms with van der Waals surface area (Å²) in [5.74, 6) is -0.542. The second-order valence-electron chi connectivity index (χ2n) is 5.76. The van der Waals surface area contributed by atoms with Crippen LogP contribution < -0.4 is 10.3 Å². The summed E-state index contributed by atoms with van der Waals surface area (Å²) < 4.78 is 5.44. The monoisotopic (exact) mass is 352 g/mol. The second-order valence-corrected chi connectivity index (χ2v) is 5.76. The summed E-state index contributed by atoms with van der Waals surface area (Å²) in [5.41, 5.74) is 2.39. The van der Waals surface area contributed by atoms with Gasteiger partial charge in [-0.05, 0) is 23.3 Å². The number of carboxylic acid groups (broad SMARTS) is 1. The van der Waals surface area contributed by atoms with Gasteiger partial charge in [0, 0.05) is 18.2 Å². The smallest absolute Gasteiger partial charge is 0.339 e. The molecular formula is C20H20N2O4. The molecule has 0 aliphatic carbocycles. The van der Waals surface area contributed by atoms with Crippen LogP contribution in [-0.4, -0.2) is 27.9 Å². The van der Waals surface area contributed by atoms with Crippen LogP contribution in [0, 0.1) is 0 Å². The molecule has 1 aromatic heterocycles. The largest absolute Gasteiger partial charge is 0.492 e. The van der Waals surface area contributed by atoms with Gasteiger partial charge in [0.2, 0.25) is 0 Å². The van der Waals surface area contributed by atoms with Crippen molar-refractivity contribution < 1.29 is 14.6 Å². The van der Waals surface area contributed by atoms with E-state index in [1.54, 1.807) is 18.2 Å². The minimum Gasteiger partial charge on any atom is -0.492 e. The number of hydrogen-bond acceptors (Lipinski definition) is 4. The van der Waals surface area contributed by atoms with Gasteiger partial charge >= 0.3 is 5.97 Å². The summed E-state index contributed by atoms with van der Waals surface area (Å²) in [5, 5.41) is 17.4. The number of carboxylic acids is 1. The lowest BCUT2D eigenvalue weighted by Gasteiger charge is -2.09. The first kappa shape index (κ1) is 17.7. The molecule has 1 aliphatic heterocycles. The van der Waals surface area contributed by atoms with Gasteiger partial charge in [0.25, 0.3) is 5.56 Å². The van der Waals surface area contributed by atoms with Gasteiger partial charge in [-0.25, -0.2) is 9.89 Å². The molecule has 6 heteroatoms. The van der Waals surface area contributed by atoms with Crippen molar-refractivity contribution in [1.82, 2.24) is 10.2 Å². The van der Waals surface area contributed by atoms with E-state index in [1.165, 1.54) is 0 Å². The van der Waals surface area contributed by atoms with Crippen LogP contribution in [0.3, 0.4) is 0 Å². The number of aromatic carboxylic acids is 1. The fourth-order valence-electron chi connectivity index (χ4n) is 3.13. The third-order valence-corrected chi connectivity index (χ3v) is 4.22. The van der Waals surface area contributed by atoms with Crippen molar-refractivity contribution in [1.29, 1.82) is 0 Å². The molecule has 0 saturated heterocycles. The number of nitrogens with zero attached hydrogens (tertiary/aromatic N) is 1. The number of carbonyl (C=O) groups is 1. The van der Waals surface area contributed by atoms with Gasteiger partial charge < -0.3 is 9.84 Å². The van der Waals surface area contributed by atoms with Gasteiger partial charge in [0.1, 0.15) is 11.3 Å². The third kappa shape index (κ3) is 3.18. The Kier molecular flexibility index (Phi) is 5.02. The minimum absolute atomic E-state index is 0.175. The van der Waals surface area contributed by atoms with Crippen LogP contribution >= 0.6 is 0 Å². The lowest BCUT2D eigenvalue weighted by Crippen LogP contribution is -2.11. The summed E-state index contributed by atoms with van der Waals surface area (Å²) in [6.07, 6.45) is 1.13. The van der Waals surface area contributed by atoms with Gasteiger partial charge in [0.15, 0.2) is 0 Å². The molecule has 0 atom stereocenters. The van der Waals surface area contributed by atoms with Crippen molar-refractivity contribution >= 4 is 16.7 Å². The van der Waals surface area contributed by atoms with E-state index in [0.29, 0.717) is 36.3 Å². The molecule has 2 N–H and O–H groups in total. The van der Waals surface area contributed by atoms with Crippen LogP contribution in [0.5, 0.6) is 5.75 Å². The highest BCUT2D eigenvalue weighted by Crippen LogP contribution is 2.32. The number of rotatable bonds is 3. The molecule has 0 fully saturated rings. The normalized spacial score (nSPS) is 12.1. The van der Waals surface area contributed by atoms with Gasteiger partial charge in [0.05, 0.1) is 17.7 Å². The molecule has 4 rings (SSSR count). The first-order valence-corrected chi connectivity index (χ1v) is 8.61. The van der Waals surface area contributed by atoms with Crippen LogP contribution in [0.25, 0.3) is 10.8 Å². The van der Waals surface area contributed by atoms with E-state index in [4.69, 9.17) is 4.74 Å². The lowest BCUT2D eigenvalue weighted by atomic mass is 9.98. The predicted molar refractivity (Wildman–Crippen MR) is 99.1 cm³/mol. The molecule has 0 saturated carbocycles. The zero-order chi connectivity index (χ0) is 18.7. The molecule has 3 aromatic rings. The summed E-state index contributed by atoms with van der Waals surface area (Å²) >= 11 is 0. The van der Waals surface area contributed by atoms with Gasteiger partial charge in [-0.2, -0.15) is 5.10 Å². The Morgan fingerprint density at radius 1 is 1.23 bits per heavy atom. The van der Waals surface area contributed by atoms with Crippen LogP contribution in [0.2, 0.25) is 0 Å². The molecule has 2 heterocycles. The van der Waals surface area contributed by atoms with Crippen molar-refractivity contribution in [3.05, 3.63) is 69.1 Å². The highest BCUT2D eigenvalue weighted by atomic mass is 16.5. The lowest BCUT2D eigenvalue weighted by molar-refractivity contribution is 0.0693. The Bertz CT molecular complexity index is 1020. The first-order chi connectivity index (χ1) is 12.6. The Balaban J connectivity index is 0.000000948. The predicted octanol–water partition coefficient (Wildman–Crippen LogP) is 3.17. The maximum atomic E-state index is 11.9. The Morgan fingerprint density at radius 3 is 2.69 bits per heavy atom. The molecule has 0 unspecified atom stereocenters. The second kappa shape index (κ2) is 7.39. The SMILES string of the molecule is CC.O=C(O)c1cc(Cc2n[nH]c(=O)c3ccccc23)cc2c1OCC2. The van der Waals surface area contributed by atoms with Gasteiger partial charge in [-0.15, -0.1) is 0 Å². The van der Waals surface area contributed by atoms with E-state index in [1.807, 2.05) is 32.0 Å². The summed E-state index contributed by atoms with van der Waals surface area (Å²) in [6, 6.07) is 10.8. The quantitative estimate of drug-likeness (QED) is 0.755. The zero-order valence-electron chi connectivity index (χ0n) is 14.7. The summed E-state index contributed by atoms with van der Waals surface area (Å²) in [7, 11) is 0. The number of ether oxygens (including phenoxy) is 1. The average molecular weight is 352 g/mol. The minimum atomic E-state index is -1.01. The van der Waals surface area contributed by atoms with Gasteiger partial charge in [-0.1, -0.05) is 38.1 Å². The average Bonchev–Trinajstić information content (AvgIpc) is 3.13. The van der Waals surface area contributed by atoms with Crippen molar-refractivity contribution in [3.63, 3.8) is 0 Å². The molecule has 0 amide bonds.